The van der Waals surface area contributed by atoms with E-state index < -0.39 is 16.9 Å². The summed E-state index contributed by atoms with van der Waals surface area (Å²) in [5.74, 6) is 1.30. The molecular weight excluding hydrogens is 372 g/mol. The molecule has 0 radical (unpaired) electrons. The molecule has 3 atom stereocenters. The third-order valence-electron chi connectivity index (χ3n) is 6.62. The van der Waals surface area contributed by atoms with Crippen LogP contribution < -0.4 is 4.90 Å². The fraction of sp³-hybridized carbons (Fsp3) is 0.682. The van der Waals surface area contributed by atoms with Gasteiger partial charge in [0.2, 0.25) is 0 Å². The predicted molar refractivity (Wildman–Crippen MR) is 114 cm³/mol. The van der Waals surface area contributed by atoms with Crippen LogP contribution in [-0.4, -0.2) is 52.2 Å². The third kappa shape index (κ3) is 4.70. The van der Waals surface area contributed by atoms with E-state index in [1.165, 1.54) is 5.69 Å². The summed E-state index contributed by atoms with van der Waals surface area (Å²) < 4.78 is 11.7. The Morgan fingerprint density at radius 3 is 2.11 bits per heavy atom. The minimum atomic E-state index is -0.948. The van der Waals surface area contributed by atoms with Crippen LogP contribution in [0.5, 0.6) is 0 Å². The van der Waals surface area contributed by atoms with E-state index >= 15 is 0 Å². The third-order valence-corrected chi connectivity index (χ3v) is 7.56. The van der Waals surface area contributed by atoms with Crippen molar-refractivity contribution in [1.29, 1.82) is 0 Å². The van der Waals surface area contributed by atoms with Crippen LogP contribution in [0.15, 0.2) is 29.2 Å². The number of carbonyl (C=O) groups is 1. The van der Waals surface area contributed by atoms with Crippen LogP contribution >= 0.6 is 0 Å². The van der Waals surface area contributed by atoms with Gasteiger partial charge in [0, 0.05) is 53.3 Å². The van der Waals surface area contributed by atoms with Crippen molar-refractivity contribution in [2.24, 2.45) is 17.3 Å². The highest BCUT2D eigenvalue weighted by molar-refractivity contribution is 7.84. The van der Waals surface area contributed by atoms with E-state index in [0.717, 1.165) is 37.1 Å². The summed E-state index contributed by atoms with van der Waals surface area (Å²) in [5.41, 5.74) is 1.38. The molecule has 0 aliphatic carbocycles. The highest BCUT2D eigenvalue weighted by Crippen LogP contribution is 2.42. The molecule has 2 heterocycles. The van der Waals surface area contributed by atoms with Crippen molar-refractivity contribution < 1.29 is 14.1 Å². The molecule has 3 unspecified atom stereocenters. The van der Waals surface area contributed by atoms with Crippen molar-refractivity contribution in [3.05, 3.63) is 24.3 Å². The lowest BCUT2D eigenvalue weighted by molar-refractivity contribution is 0.0959. The number of hydrogen-bond acceptors (Lipinski definition) is 3. The number of benzene rings is 1. The maximum atomic E-state index is 11.7. The molecule has 1 N–H and O–H groups in total. The number of anilines is 1. The summed E-state index contributed by atoms with van der Waals surface area (Å²) >= 11 is 0. The fourth-order valence-corrected chi connectivity index (χ4v) is 5.46. The van der Waals surface area contributed by atoms with Crippen molar-refractivity contribution in [1.82, 2.24) is 4.90 Å². The smallest absolute Gasteiger partial charge is 0.407 e. The maximum Gasteiger partial charge on any atom is 0.407 e. The molecule has 1 aromatic rings. The molecule has 0 bridgehead atoms. The number of piperidine rings is 2. The molecule has 6 heteroatoms. The fourth-order valence-electron chi connectivity index (χ4n) is 4.94. The summed E-state index contributed by atoms with van der Waals surface area (Å²) in [4.78, 5) is 16.2. The van der Waals surface area contributed by atoms with Gasteiger partial charge in [0.05, 0.1) is 0 Å². The van der Waals surface area contributed by atoms with Gasteiger partial charge in [-0.1, -0.05) is 20.8 Å². The van der Waals surface area contributed by atoms with Gasteiger partial charge in [0.1, 0.15) is 0 Å². The van der Waals surface area contributed by atoms with E-state index in [4.69, 9.17) is 0 Å². The molecule has 2 aliphatic rings. The molecule has 0 aromatic heterocycles. The molecule has 1 aromatic carbocycles. The van der Waals surface area contributed by atoms with Gasteiger partial charge >= 0.3 is 6.09 Å². The van der Waals surface area contributed by atoms with Crippen molar-refractivity contribution in [2.45, 2.75) is 57.4 Å². The number of amides is 1. The minimum absolute atomic E-state index is 0.159. The van der Waals surface area contributed by atoms with Crippen molar-refractivity contribution in [2.75, 3.05) is 30.8 Å². The van der Waals surface area contributed by atoms with Gasteiger partial charge < -0.3 is 14.9 Å². The second kappa shape index (κ2) is 8.44. The monoisotopic (exact) mass is 406 g/mol. The van der Waals surface area contributed by atoms with E-state index in [2.05, 4.69) is 37.8 Å². The van der Waals surface area contributed by atoms with Crippen LogP contribution in [0.1, 0.15) is 46.5 Å². The standard InChI is InChI=1S/C22H34N2O3S/c1-22(2,3)20-15-17(16-9-12-23(13-10-16)21(25)26)11-14-24(20)18-5-7-19(8-6-18)28(4)27/h5-8,16-17,20H,9-15H2,1-4H3,(H,25,26). The molecule has 2 fully saturated rings. The number of likely N-dealkylation sites (tertiary alicyclic amines) is 1. The average molecular weight is 407 g/mol. The zero-order valence-corrected chi connectivity index (χ0v) is 18.4. The summed E-state index contributed by atoms with van der Waals surface area (Å²) in [6, 6.07) is 8.64. The molecule has 3 rings (SSSR count). The number of hydrogen-bond donors (Lipinski definition) is 1. The Morgan fingerprint density at radius 2 is 1.61 bits per heavy atom. The zero-order valence-electron chi connectivity index (χ0n) is 17.6. The highest BCUT2D eigenvalue weighted by atomic mass is 32.2. The topological polar surface area (TPSA) is 60.9 Å². The molecule has 28 heavy (non-hydrogen) atoms. The van der Waals surface area contributed by atoms with Gasteiger partial charge in [-0.3, -0.25) is 4.21 Å². The van der Waals surface area contributed by atoms with Crippen LogP contribution in [-0.2, 0) is 10.8 Å². The summed E-state index contributed by atoms with van der Waals surface area (Å²) in [6.07, 6.45) is 5.23. The SMILES string of the molecule is CS(=O)c1ccc(N2CCC(C3CCN(C(=O)O)CC3)CC2C(C)(C)C)cc1. The molecule has 2 saturated heterocycles. The number of nitrogens with zero attached hydrogens (tertiary/aromatic N) is 2. The van der Waals surface area contributed by atoms with E-state index in [9.17, 15) is 14.1 Å². The lowest BCUT2D eigenvalue weighted by atomic mass is 9.71. The second-order valence-corrected chi connectivity index (χ2v) is 10.8. The van der Waals surface area contributed by atoms with E-state index in [-0.39, 0.29) is 5.41 Å². The predicted octanol–water partition coefficient (Wildman–Crippen LogP) is 4.45. The Labute approximate surface area is 171 Å². The first-order chi connectivity index (χ1) is 13.2. The highest BCUT2D eigenvalue weighted by Gasteiger charge is 2.39. The van der Waals surface area contributed by atoms with Gasteiger partial charge in [-0.15, -0.1) is 0 Å². The molecule has 0 saturated carbocycles. The summed E-state index contributed by atoms with van der Waals surface area (Å²) in [7, 11) is -0.948. The quantitative estimate of drug-likeness (QED) is 0.806. The Bertz CT molecular complexity index is 705. The summed E-state index contributed by atoms with van der Waals surface area (Å²) in [5, 5.41) is 9.20. The Kier molecular flexibility index (Phi) is 6.37. The van der Waals surface area contributed by atoms with Crippen LogP contribution in [0.2, 0.25) is 0 Å². The summed E-state index contributed by atoms with van der Waals surface area (Å²) in [6.45, 7) is 9.33. The lowest BCUT2D eigenvalue weighted by Gasteiger charge is -2.49. The van der Waals surface area contributed by atoms with Gasteiger partial charge in [-0.2, -0.15) is 0 Å². The molecule has 0 spiro atoms. The lowest BCUT2D eigenvalue weighted by Crippen LogP contribution is -2.51. The van der Waals surface area contributed by atoms with Crippen LogP contribution in [0.4, 0.5) is 10.5 Å². The maximum absolute atomic E-state index is 11.7. The van der Waals surface area contributed by atoms with Crippen molar-refractivity contribution >= 4 is 22.6 Å². The molecule has 5 nitrogen and oxygen atoms in total. The van der Waals surface area contributed by atoms with Crippen LogP contribution in [0.25, 0.3) is 0 Å². The molecule has 156 valence electrons. The Balaban J connectivity index is 1.72. The number of carboxylic acid groups (broad SMARTS) is 1. The molecule has 1 amide bonds. The van der Waals surface area contributed by atoms with Gasteiger partial charge in [0.25, 0.3) is 0 Å². The van der Waals surface area contributed by atoms with E-state index in [0.29, 0.717) is 31.0 Å². The number of rotatable bonds is 3. The second-order valence-electron chi connectivity index (χ2n) is 9.41. The molecular formula is C22H34N2O3S. The average Bonchev–Trinajstić information content (AvgIpc) is 2.67. The Hall–Kier alpha value is -1.56. The van der Waals surface area contributed by atoms with E-state index in [1.807, 2.05) is 12.1 Å². The van der Waals surface area contributed by atoms with Crippen LogP contribution in [0.3, 0.4) is 0 Å². The largest absolute Gasteiger partial charge is 0.465 e. The first-order valence-corrected chi connectivity index (χ1v) is 11.9. The first-order valence-electron chi connectivity index (χ1n) is 10.3. The van der Waals surface area contributed by atoms with Crippen molar-refractivity contribution in [3.63, 3.8) is 0 Å². The van der Waals surface area contributed by atoms with Gasteiger partial charge in [0.15, 0.2) is 0 Å². The first kappa shape index (κ1) is 21.2. The van der Waals surface area contributed by atoms with Gasteiger partial charge in [-0.25, -0.2) is 4.79 Å². The molecule has 2 aliphatic heterocycles. The van der Waals surface area contributed by atoms with Crippen LogP contribution in [0, 0.1) is 17.3 Å². The van der Waals surface area contributed by atoms with E-state index in [1.54, 1.807) is 11.2 Å². The minimum Gasteiger partial charge on any atom is -0.465 e. The zero-order chi connectivity index (χ0) is 20.5. The van der Waals surface area contributed by atoms with Crippen molar-refractivity contribution in [3.8, 4) is 0 Å². The van der Waals surface area contributed by atoms with Gasteiger partial charge in [-0.05, 0) is 67.2 Å². The normalized spacial score (nSPS) is 25.6. The Morgan fingerprint density at radius 1 is 1.04 bits per heavy atom.